The molecule has 0 spiro atoms. The third-order valence-corrected chi connectivity index (χ3v) is 9.40. The van der Waals surface area contributed by atoms with Crippen molar-refractivity contribution in [3.05, 3.63) is 188 Å². The van der Waals surface area contributed by atoms with Crippen LogP contribution in [0.4, 0.5) is 17.1 Å². The van der Waals surface area contributed by atoms with Crippen LogP contribution in [0, 0.1) is 0 Å². The first kappa shape index (κ1) is 27.2. The van der Waals surface area contributed by atoms with Crippen molar-refractivity contribution >= 4 is 60.2 Å². The molecule has 0 aliphatic rings. The SMILES string of the molecule is c1ccc(-c2cccc(N(c3cccc(-c4cccc5ccccc45)c3)c3ccc4c(ccc5c6ccccc6ccc45)c3)c2)cc1. The Labute approximate surface area is 274 Å². The summed E-state index contributed by atoms with van der Waals surface area (Å²) >= 11 is 0. The molecule has 1 nitrogen and oxygen atoms in total. The van der Waals surface area contributed by atoms with E-state index in [0.29, 0.717) is 0 Å². The summed E-state index contributed by atoms with van der Waals surface area (Å²) in [4.78, 5) is 2.39. The van der Waals surface area contributed by atoms with Gasteiger partial charge in [0.2, 0.25) is 0 Å². The Morgan fingerprint density at radius 2 is 0.766 bits per heavy atom. The van der Waals surface area contributed by atoms with Crippen molar-refractivity contribution in [3.63, 3.8) is 0 Å². The Kier molecular flexibility index (Phi) is 6.54. The topological polar surface area (TPSA) is 3.24 Å². The average Bonchev–Trinajstić information content (AvgIpc) is 3.15. The maximum Gasteiger partial charge on any atom is 0.0468 e. The molecular formula is C46H31N. The monoisotopic (exact) mass is 597 g/mol. The first-order valence-corrected chi connectivity index (χ1v) is 16.2. The highest BCUT2D eigenvalue weighted by Gasteiger charge is 2.16. The predicted octanol–water partition coefficient (Wildman–Crippen LogP) is 13.1. The summed E-state index contributed by atoms with van der Waals surface area (Å²) in [6.45, 7) is 0. The zero-order chi connectivity index (χ0) is 31.2. The highest BCUT2D eigenvalue weighted by atomic mass is 15.1. The van der Waals surface area contributed by atoms with E-state index in [1.807, 2.05) is 0 Å². The Bertz CT molecular complexity index is 2580. The molecule has 0 aliphatic heterocycles. The fraction of sp³-hybridized carbons (Fsp3) is 0. The van der Waals surface area contributed by atoms with Gasteiger partial charge in [-0.2, -0.15) is 0 Å². The quantitative estimate of drug-likeness (QED) is 0.178. The van der Waals surface area contributed by atoms with Crippen molar-refractivity contribution in [2.75, 3.05) is 4.90 Å². The van der Waals surface area contributed by atoms with Gasteiger partial charge in [0, 0.05) is 17.1 Å². The van der Waals surface area contributed by atoms with E-state index in [-0.39, 0.29) is 0 Å². The number of hydrogen-bond acceptors (Lipinski definition) is 1. The first-order chi connectivity index (χ1) is 23.3. The number of rotatable bonds is 5. The third-order valence-electron chi connectivity index (χ3n) is 9.40. The summed E-state index contributed by atoms with van der Waals surface area (Å²) in [7, 11) is 0. The summed E-state index contributed by atoms with van der Waals surface area (Å²) in [5.41, 5.74) is 8.19. The first-order valence-electron chi connectivity index (χ1n) is 16.2. The van der Waals surface area contributed by atoms with E-state index in [1.165, 1.54) is 65.3 Å². The molecule has 0 aromatic heterocycles. The second kappa shape index (κ2) is 11.3. The van der Waals surface area contributed by atoms with Gasteiger partial charge < -0.3 is 4.90 Å². The van der Waals surface area contributed by atoms with Crippen LogP contribution in [-0.4, -0.2) is 0 Å². The molecule has 0 saturated heterocycles. The normalized spacial score (nSPS) is 11.4. The van der Waals surface area contributed by atoms with Crippen LogP contribution in [0.2, 0.25) is 0 Å². The number of nitrogens with zero attached hydrogens (tertiary/aromatic N) is 1. The Morgan fingerprint density at radius 1 is 0.255 bits per heavy atom. The van der Waals surface area contributed by atoms with Crippen LogP contribution in [0.15, 0.2) is 188 Å². The molecule has 9 aromatic rings. The van der Waals surface area contributed by atoms with Crippen LogP contribution in [0.25, 0.3) is 65.3 Å². The molecule has 47 heavy (non-hydrogen) atoms. The summed E-state index contributed by atoms with van der Waals surface area (Å²) < 4.78 is 0. The van der Waals surface area contributed by atoms with Gasteiger partial charge in [0.25, 0.3) is 0 Å². The molecule has 0 amide bonds. The van der Waals surface area contributed by atoms with E-state index in [4.69, 9.17) is 0 Å². The zero-order valence-corrected chi connectivity index (χ0v) is 25.8. The lowest BCUT2D eigenvalue weighted by Gasteiger charge is -2.27. The smallest absolute Gasteiger partial charge is 0.0468 e. The minimum absolute atomic E-state index is 1.12. The molecule has 9 aromatic carbocycles. The van der Waals surface area contributed by atoms with Crippen LogP contribution >= 0.6 is 0 Å². The Balaban J connectivity index is 1.24. The van der Waals surface area contributed by atoms with Crippen molar-refractivity contribution in [3.8, 4) is 22.3 Å². The van der Waals surface area contributed by atoms with Crippen molar-refractivity contribution in [2.45, 2.75) is 0 Å². The van der Waals surface area contributed by atoms with E-state index < -0.39 is 0 Å². The van der Waals surface area contributed by atoms with Crippen molar-refractivity contribution in [1.29, 1.82) is 0 Å². The lowest BCUT2D eigenvalue weighted by Crippen LogP contribution is -2.10. The lowest BCUT2D eigenvalue weighted by molar-refractivity contribution is 1.29. The predicted molar refractivity (Wildman–Crippen MR) is 202 cm³/mol. The van der Waals surface area contributed by atoms with E-state index in [2.05, 4.69) is 193 Å². The molecule has 0 unspecified atom stereocenters. The fourth-order valence-electron chi connectivity index (χ4n) is 7.15. The average molecular weight is 598 g/mol. The molecule has 9 rings (SSSR count). The molecule has 1 heteroatoms. The van der Waals surface area contributed by atoms with Crippen LogP contribution in [0.5, 0.6) is 0 Å². The van der Waals surface area contributed by atoms with Crippen molar-refractivity contribution in [2.24, 2.45) is 0 Å². The number of hydrogen-bond donors (Lipinski definition) is 0. The summed E-state index contributed by atoms with van der Waals surface area (Å²) in [5.74, 6) is 0. The molecule has 0 saturated carbocycles. The van der Waals surface area contributed by atoms with Gasteiger partial charge >= 0.3 is 0 Å². The van der Waals surface area contributed by atoms with E-state index in [0.717, 1.165) is 17.1 Å². The molecule has 0 N–H and O–H groups in total. The van der Waals surface area contributed by atoms with Crippen LogP contribution in [0.1, 0.15) is 0 Å². The Hall–Kier alpha value is -6.18. The van der Waals surface area contributed by atoms with Crippen LogP contribution < -0.4 is 4.90 Å². The van der Waals surface area contributed by atoms with E-state index in [1.54, 1.807) is 0 Å². The molecule has 0 heterocycles. The maximum absolute atomic E-state index is 2.39. The third kappa shape index (κ3) is 4.81. The minimum Gasteiger partial charge on any atom is -0.310 e. The van der Waals surface area contributed by atoms with E-state index >= 15 is 0 Å². The zero-order valence-electron chi connectivity index (χ0n) is 25.8. The molecule has 0 atom stereocenters. The minimum atomic E-state index is 1.12. The Morgan fingerprint density at radius 3 is 1.55 bits per heavy atom. The molecule has 0 aliphatic carbocycles. The highest BCUT2D eigenvalue weighted by Crippen LogP contribution is 2.41. The van der Waals surface area contributed by atoms with Crippen molar-refractivity contribution in [1.82, 2.24) is 0 Å². The fourth-order valence-corrected chi connectivity index (χ4v) is 7.15. The largest absolute Gasteiger partial charge is 0.310 e. The standard InChI is InChI=1S/C46H31N/c1-2-11-32(12-3-1)35-16-8-18-38(29-35)47(39-19-9-17-36(30-39)43-22-10-15-33-13-4-6-20-41(33)43)40-25-28-44-37(31-40)24-27-45-42-21-7-5-14-34(42)23-26-46(44)45/h1-31H. The van der Waals surface area contributed by atoms with Crippen LogP contribution in [0.3, 0.4) is 0 Å². The number of benzene rings is 9. The van der Waals surface area contributed by atoms with Gasteiger partial charge in [-0.3, -0.25) is 0 Å². The van der Waals surface area contributed by atoms with Gasteiger partial charge in [0.1, 0.15) is 0 Å². The highest BCUT2D eigenvalue weighted by molar-refractivity contribution is 6.17. The molecular weight excluding hydrogens is 567 g/mol. The number of fused-ring (bicyclic) bond motifs is 6. The second-order valence-electron chi connectivity index (χ2n) is 12.2. The van der Waals surface area contributed by atoms with Gasteiger partial charge in [0.05, 0.1) is 0 Å². The summed E-state index contributed by atoms with van der Waals surface area (Å²) in [5, 5.41) is 10.1. The van der Waals surface area contributed by atoms with Gasteiger partial charge in [-0.15, -0.1) is 0 Å². The van der Waals surface area contributed by atoms with Gasteiger partial charge in [-0.25, -0.2) is 0 Å². The molecule has 0 fully saturated rings. The maximum atomic E-state index is 2.39. The summed E-state index contributed by atoms with van der Waals surface area (Å²) in [6.07, 6.45) is 0. The molecule has 0 bridgehead atoms. The second-order valence-corrected chi connectivity index (χ2v) is 12.2. The molecule has 220 valence electrons. The molecule has 0 radical (unpaired) electrons. The van der Waals surface area contributed by atoms with Crippen LogP contribution in [-0.2, 0) is 0 Å². The van der Waals surface area contributed by atoms with Gasteiger partial charge in [-0.05, 0) is 102 Å². The van der Waals surface area contributed by atoms with E-state index in [9.17, 15) is 0 Å². The van der Waals surface area contributed by atoms with Gasteiger partial charge in [0.15, 0.2) is 0 Å². The van der Waals surface area contributed by atoms with Crippen molar-refractivity contribution < 1.29 is 0 Å². The summed E-state index contributed by atoms with van der Waals surface area (Å²) in [6, 6.07) is 68.3. The number of anilines is 3. The van der Waals surface area contributed by atoms with Gasteiger partial charge in [-0.1, -0.05) is 152 Å². The lowest BCUT2D eigenvalue weighted by atomic mass is 9.96.